The van der Waals surface area contributed by atoms with Gasteiger partial charge in [0.2, 0.25) is 0 Å². The van der Waals surface area contributed by atoms with Gasteiger partial charge < -0.3 is 11.1 Å². The van der Waals surface area contributed by atoms with E-state index in [0.717, 1.165) is 13.1 Å². The number of hydrogen-bond acceptors (Lipinski definition) is 3. The van der Waals surface area contributed by atoms with Crippen LogP contribution in [0.25, 0.3) is 0 Å². The molecule has 1 aromatic rings. The molecule has 0 unspecified atom stereocenters. The van der Waals surface area contributed by atoms with Gasteiger partial charge in [-0.2, -0.15) is 0 Å². The van der Waals surface area contributed by atoms with Crippen molar-refractivity contribution in [1.82, 2.24) is 10.3 Å². The molecule has 1 fully saturated rings. The molecule has 1 aliphatic rings. The van der Waals surface area contributed by atoms with Gasteiger partial charge in [-0.15, -0.1) is 0 Å². The summed E-state index contributed by atoms with van der Waals surface area (Å²) < 4.78 is 0. The largest absolute Gasteiger partial charge is 0.329 e. The first-order valence-corrected chi connectivity index (χ1v) is 4.19. The molecule has 64 valence electrons. The minimum atomic E-state index is 0.183. The van der Waals surface area contributed by atoms with Gasteiger partial charge in [0.15, 0.2) is 0 Å². The summed E-state index contributed by atoms with van der Waals surface area (Å²) in [6.45, 7) is 2.70. The van der Waals surface area contributed by atoms with Crippen molar-refractivity contribution in [1.29, 1.82) is 0 Å². The Labute approximate surface area is 72.0 Å². The van der Waals surface area contributed by atoms with Crippen LogP contribution in [0.4, 0.5) is 0 Å². The van der Waals surface area contributed by atoms with Crippen LogP contribution in [0.5, 0.6) is 0 Å². The van der Waals surface area contributed by atoms with Crippen molar-refractivity contribution in [3.05, 3.63) is 30.1 Å². The number of hydrogen-bond donors (Lipinski definition) is 2. The molecule has 12 heavy (non-hydrogen) atoms. The zero-order chi connectivity index (χ0) is 8.44. The fourth-order valence-corrected chi connectivity index (χ4v) is 1.60. The highest BCUT2D eigenvalue weighted by Crippen LogP contribution is 2.26. The van der Waals surface area contributed by atoms with E-state index in [2.05, 4.69) is 10.3 Å². The quantitative estimate of drug-likeness (QED) is 0.639. The lowest BCUT2D eigenvalue weighted by molar-refractivity contribution is 0.285. The Hall–Kier alpha value is -0.930. The van der Waals surface area contributed by atoms with E-state index in [1.54, 1.807) is 0 Å². The molecule has 2 heterocycles. The lowest BCUT2D eigenvalue weighted by atomic mass is 9.76. The highest BCUT2D eigenvalue weighted by atomic mass is 15.0. The summed E-state index contributed by atoms with van der Waals surface area (Å²) in [6.07, 6.45) is 3.65. The summed E-state index contributed by atoms with van der Waals surface area (Å²) in [5.74, 6) is 0. The van der Waals surface area contributed by atoms with Gasteiger partial charge in [0.1, 0.15) is 0 Å². The third kappa shape index (κ3) is 1.02. The molecule has 0 radical (unpaired) electrons. The second-order valence-corrected chi connectivity index (χ2v) is 3.32. The average Bonchev–Trinajstić information content (AvgIpc) is 2.05. The van der Waals surface area contributed by atoms with Crippen LogP contribution in [-0.4, -0.2) is 24.6 Å². The predicted octanol–water partition coefficient (Wildman–Crippen LogP) is -0.119. The smallest absolute Gasteiger partial charge is 0.0325 e. The van der Waals surface area contributed by atoms with E-state index >= 15 is 0 Å². The average molecular weight is 163 g/mol. The molecule has 1 aromatic heterocycles. The Morgan fingerprint density at radius 2 is 2.08 bits per heavy atom. The Balaban J connectivity index is 2.28. The number of aromatic nitrogens is 1. The van der Waals surface area contributed by atoms with Gasteiger partial charge in [-0.25, -0.2) is 0 Å². The Morgan fingerprint density at radius 1 is 1.42 bits per heavy atom. The molecule has 2 rings (SSSR count). The van der Waals surface area contributed by atoms with Gasteiger partial charge in [-0.1, -0.05) is 0 Å². The number of pyridine rings is 1. The maximum absolute atomic E-state index is 5.74. The minimum Gasteiger partial charge on any atom is -0.329 e. The van der Waals surface area contributed by atoms with Gasteiger partial charge in [-0.3, -0.25) is 4.98 Å². The molecule has 0 aliphatic carbocycles. The van der Waals surface area contributed by atoms with Crippen LogP contribution in [-0.2, 0) is 5.41 Å². The first kappa shape index (κ1) is 7.71. The molecule has 3 nitrogen and oxygen atoms in total. The van der Waals surface area contributed by atoms with Gasteiger partial charge in [-0.05, 0) is 17.7 Å². The van der Waals surface area contributed by atoms with E-state index in [-0.39, 0.29) is 5.41 Å². The van der Waals surface area contributed by atoms with Gasteiger partial charge in [0.05, 0.1) is 0 Å². The van der Waals surface area contributed by atoms with Crippen LogP contribution < -0.4 is 11.1 Å². The molecule has 0 atom stereocenters. The maximum Gasteiger partial charge on any atom is 0.0325 e. The van der Waals surface area contributed by atoms with Crippen LogP contribution in [0.15, 0.2) is 24.5 Å². The van der Waals surface area contributed by atoms with E-state index in [1.807, 2.05) is 24.5 Å². The molecule has 0 bridgehead atoms. The number of nitrogens with zero attached hydrogens (tertiary/aromatic N) is 1. The van der Waals surface area contributed by atoms with Crippen molar-refractivity contribution in [2.75, 3.05) is 19.6 Å². The van der Waals surface area contributed by atoms with Crippen LogP contribution >= 0.6 is 0 Å². The lowest BCUT2D eigenvalue weighted by Crippen LogP contribution is -2.60. The molecule has 1 saturated heterocycles. The van der Waals surface area contributed by atoms with Crippen molar-refractivity contribution < 1.29 is 0 Å². The molecule has 1 aliphatic heterocycles. The van der Waals surface area contributed by atoms with Gasteiger partial charge in [0.25, 0.3) is 0 Å². The predicted molar refractivity (Wildman–Crippen MR) is 47.8 cm³/mol. The SMILES string of the molecule is NCC1(c2ccncc2)CNC1. The molecular weight excluding hydrogens is 150 g/mol. The molecule has 0 aromatic carbocycles. The zero-order valence-electron chi connectivity index (χ0n) is 6.96. The molecule has 3 N–H and O–H groups in total. The van der Waals surface area contributed by atoms with Crippen LogP contribution in [0, 0.1) is 0 Å². The van der Waals surface area contributed by atoms with Crippen molar-refractivity contribution >= 4 is 0 Å². The Bertz CT molecular complexity index is 248. The van der Waals surface area contributed by atoms with E-state index in [9.17, 15) is 0 Å². The molecule has 0 saturated carbocycles. The Kier molecular flexibility index (Phi) is 1.83. The minimum absolute atomic E-state index is 0.183. The number of nitrogens with two attached hydrogens (primary N) is 1. The molecular formula is C9H13N3. The van der Waals surface area contributed by atoms with E-state index in [1.165, 1.54) is 5.56 Å². The summed E-state index contributed by atoms with van der Waals surface area (Å²) in [5, 5.41) is 3.25. The Morgan fingerprint density at radius 3 is 2.50 bits per heavy atom. The van der Waals surface area contributed by atoms with Crippen LogP contribution in [0.1, 0.15) is 5.56 Å². The molecule has 3 heteroatoms. The van der Waals surface area contributed by atoms with Crippen LogP contribution in [0.2, 0.25) is 0 Å². The topological polar surface area (TPSA) is 50.9 Å². The van der Waals surface area contributed by atoms with Crippen LogP contribution in [0.3, 0.4) is 0 Å². The van der Waals surface area contributed by atoms with E-state index in [0.29, 0.717) is 6.54 Å². The first-order chi connectivity index (χ1) is 5.87. The summed E-state index contributed by atoms with van der Waals surface area (Å²) in [5.41, 5.74) is 7.23. The standard InChI is InChI=1S/C9H13N3/c10-5-9(6-12-7-9)8-1-3-11-4-2-8/h1-4,12H,5-7,10H2. The molecule has 0 spiro atoms. The molecule has 0 amide bonds. The highest BCUT2D eigenvalue weighted by Gasteiger charge is 2.36. The number of rotatable bonds is 2. The lowest BCUT2D eigenvalue weighted by Gasteiger charge is -2.42. The van der Waals surface area contributed by atoms with Crippen molar-refractivity contribution in [3.63, 3.8) is 0 Å². The normalized spacial score (nSPS) is 20.1. The summed E-state index contributed by atoms with van der Waals surface area (Å²) in [7, 11) is 0. The van der Waals surface area contributed by atoms with Crippen molar-refractivity contribution in [2.45, 2.75) is 5.41 Å². The van der Waals surface area contributed by atoms with Gasteiger partial charge >= 0.3 is 0 Å². The van der Waals surface area contributed by atoms with Crippen molar-refractivity contribution in [3.8, 4) is 0 Å². The van der Waals surface area contributed by atoms with E-state index < -0.39 is 0 Å². The van der Waals surface area contributed by atoms with E-state index in [4.69, 9.17) is 5.73 Å². The van der Waals surface area contributed by atoms with Crippen molar-refractivity contribution in [2.24, 2.45) is 5.73 Å². The second-order valence-electron chi connectivity index (χ2n) is 3.32. The monoisotopic (exact) mass is 163 g/mol. The highest BCUT2D eigenvalue weighted by molar-refractivity contribution is 5.28. The fourth-order valence-electron chi connectivity index (χ4n) is 1.60. The van der Waals surface area contributed by atoms with Gasteiger partial charge in [0, 0.05) is 37.4 Å². The maximum atomic E-state index is 5.74. The second kappa shape index (κ2) is 2.84. The third-order valence-electron chi connectivity index (χ3n) is 2.61. The summed E-state index contributed by atoms with van der Waals surface area (Å²) >= 11 is 0. The third-order valence-corrected chi connectivity index (χ3v) is 2.61. The zero-order valence-corrected chi connectivity index (χ0v) is 6.96. The summed E-state index contributed by atoms with van der Waals surface area (Å²) in [4.78, 5) is 3.99. The number of nitrogens with one attached hydrogen (secondary N) is 1. The first-order valence-electron chi connectivity index (χ1n) is 4.19. The summed E-state index contributed by atoms with van der Waals surface area (Å²) in [6, 6.07) is 4.10. The fraction of sp³-hybridized carbons (Fsp3) is 0.444.